The molecule has 1 amide bonds. The molecule has 0 saturated carbocycles. The van der Waals surface area contributed by atoms with Crippen LogP contribution in [0.2, 0.25) is 0 Å². The highest BCUT2D eigenvalue weighted by molar-refractivity contribution is 7.89. The van der Waals surface area contributed by atoms with E-state index >= 15 is 0 Å². The number of rotatable bonds is 6. The second-order valence-electron chi connectivity index (χ2n) is 8.61. The van der Waals surface area contributed by atoms with E-state index in [1.807, 2.05) is 7.05 Å². The lowest BCUT2D eigenvalue weighted by Gasteiger charge is -2.31. The molecule has 0 atom stereocenters. The predicted molar refractivity (Wildman–Crippen MR) is 130 cm³/mol. The molecule has 2 aliphatic rings. The van der Waals surface area contributed by atoms with Gasteiger partial charge in [0.25, 0.3) is 5.91 Å². The average molecular weight is 487 g/mol. The van der Waals surface area contributed by atoms with Crippen LogP contribution in [0.15, 0.2) is 47.4 Å². The Hall–Kier alpha value is -2.95. The Morgan fingerprint density at radius 2 is 1.62 bits per heavy atom. The Balaban J connectivity index is 1.60. The van der Waals surface area contributed by atoms with Crippen LogP contribution in [0.25, 0.3) is 0 Å². The van der Waals surface area contributed by atoms with Gasteiger partial charge < -0.3 is 19.9 Å². The molecular formula is C24H30N4O5S. The van der Waals surface area contributed by atoms with Crippen LogP contribution in [-0.4, -0.2) is 82.9 Å². The zero-order valence-electron chi connectivity index (χ0n) is 19.5. The number of nitrogens with one attached hydrogen (secondary N) is 1. The summed E-state index contributed by atoms with van der Waals surface area (Å²) in [6, 6.07) is 11.2. The van der Waals surface area contributed by atoms with E-state index in [9.17, 15) is 18.0 Å². The molecule has 10 heteroatoms. The number of anilines is 2. The molecule has 0 bridgehead atoms. The summed E-state index contributed by atoms with van der Waals surface area (Å²) in [4.78, 5) is 29.6. The minimum atomic E-state index is -3.70. The van der Waals surface area contributed by atoms with Gasteiger partial charge in [-0.05, 0) is 56.3 Å². The largest absolute Gasteiger partial charge is 0.465 e. The molecule has 0 spiro atoms. The van der Waals surface area contributed by atoms with Gasteiger partial charge in [0.2, 0.25) is 10.0 Å². The third-order valence-corrected chi connectivity index (χ3v) is 8.20. The number of benzene rings is 2. The number of esters is 1. The number of amides is 1. The molecule has 34 heavy (non-hydrogen) atoms. The SMILES string of the molecule is COC(=O)c1ccc(N2CCCC2)c(NC(=O)c2cccc(S(=O)(=O)N3CCN(C)CC3)c2)c1. The quantitative estimate of drug-likeness (QED) is 0.626. The highest BCUT2D eigenvalue weighted by atomic mass is 32.2. The zero-order chi connectivity index (χ0) is 24.3. The molecule has 9 nitrogen and oxygen atoms in total. The van der Waals surface area contributed by atoms with Gasteiger partial charge in [0.15, 0.2) is 0 Å². The first-order chi connectivity index (χ1) is 16.3. The maximum absolute atomic E-state index is 13.2. The van der Waals surface area contributed by atoms with Crippen LogP contribution in [0.3, 0.4) is 0 Å². The predicted octanol–water partition coefficient (Wildman–Crippen LogP) is 2.26. The van der Waals surface area contributed by atoms with E-state index in [1.165, 1.54) is 23.5 Å². The fourth-order valence-corrected chi connectivity index (χ4v) is 5.75. The summed E-state index contributed by atoms with van der Waals surface area (Å²) in [7, 11) is -0.434. The van der Waals surface area contributed by atoms with Crippen molar-refractivity contribution in [1.29, 1.82) is 0 Å². The molecule has 0 aliphatic carbocycles. The molecule has 0 unspecified atom stereocenters. The van der Waals surface area contributed by atoms with Gasteiger partial charge in [0.05, 0.1) is 28.9 Å². The third-order valence-electron chi connectivity index (χ3n) is 6.31. The van der Waals surface area contributed by atoms with Crippen molar-refractivity contribution in [3.05, 3.63) is 53.6 Å². The summed E-state index contributed by atoms with van der Waals surface area (Å²) in [5.41, 5.74) is 1.86. The second kappa shape index (κ2) is 10.1. The molecule has 182 valence electrons. The maximum Gasteiger partial charge on any atom is 0.337 e. The molecular weight excluding hydrogens is 456 g/mol. The molecule has 2 aromatic carbocycles. The van der Waals surface area contributed by atoms with Crippen LogP contribution >= 0.6 is 0 Å². The lowest BCUT2D eigenvalue weighted by Crippen LogP contribution is -2.47. The van der Waals surface area contributed by atoms with Gasteiger partial charge in [-0.15, -0.1) is 0 Å². The van der Waals surface area contributed by atoms with E-state index in [4.69, 9.17) is 4.74 Å². The zero-order valence-corrected chi connectivity index (χ0v) is 20.3. The molecule has 2 fully saturated rings. The number of likely N-dealkylation sites (N-methyl/N-ethyl adjacent to an activating group) is 1. The highest BCUT2D eigenvalue weighted by Crippen LogP contribution is 2.31. The van der Waals surface area contributed by atoms with E-state index in [1.54, 1.807) is 30.3 Å². The number of ether oxygens (including phenoxy) is 1. The van der Waals surface area contributed by atoms with Crippen molar-refractivity contribution in [2.45, 2.75) is 17.7 Å². The number of hydrogen-bond acceptors (Lipinski definition) is 7. The fourth-order valence-electron chi connectivity index (χ4n) is 4.28. The smallest absolute Gasteiger partial charge is 0.337 e. The van der Waals surface area contributed by atoms with Crippen LogP contribution < -0.4 is 10.2 Å². The van der Waals surface area contributed by atoms with E-state index < -0.39 is 21.9 Å². The second-order valence-corrected chi connectivity index (χ2v) is 10.5. The van der Waals surface area contributed by atoms with Gasteiger partial charge in [-0.1, -0.05) is 6.07 Å². The van der Waals surface area contributed by atoms with E-state index in [2.05, 4.69) is 15.1 Å². The van der Waals surface area contributed by atoms with Crippen molar-refractivity contribution in [2.75, 3.05) is 63.6 Å². The maximum atomic E-state index is 13.2. The number of piperazine rings is 1. The number of sulfonamides is 1. The topological polar surface area (TPSA) is 99.3 Å². The van der Waals surface area contributed by atoms with Gasteiger partial charge in [-0.25, -0.2) is 13.2 Å². The van der Waals surface area contributed by atoms with Gasteiger partial charge >= 0.3 is 5.97 Å². The number of carbonyl (C=O) groups is 2. The highest BCUT2D eigenvalue weighted by Gasteiger charge is 2.28. The first kappa shape index (κ1) is 24.2. The Morgan fingerprint density at radius 1 is 0.912 bits per heavy atom. The van der Waals surface area contributed by atoms with Gasteiger partial charge in [0, 0.05) is 44.8 Å². The Kier molecular flexibility index (Phi) is 7.20. The molecule has 0 radical (unpaired) electrons. The van der Waals surface area contributed by atoms with Gasteiger partial charge in [-0.2, -0.15) is 4.31 Å². The summed E-state index contributed by atoms with van der Waals surface area (Å²) in [6.07, 6.45) is 2.11. The van der Waals surface area contributed by atoms with Crippen molar-refractivity contribution in [2.24, 2.45) is 0 Å². The standard InChI is InChI=1S/C24H30N4O5S/c1-26-12-14-28(15-13-26)34(31,32)20-7-5-6-18(16-20)23(29)25-21-17-19(24(30)33-2)8-9-22(21)27-10-3-4-11-27/h5-9,16-17H,3-4,10-15H2,1-2H3,(H,25,29). The summed E-state index contributed by atoms with van der Waals surface area (Å²) in [6.45, 7) is 3.87. The first-order valence-electron chi connectivity index (χ1n) is 11.4. The number of nitrogens with zero attached hydrogens (tertiary/aromatic N) is 3. The van der Waals surface area contributed by atoms with Crippen molar-refractivity contribution < 1.29 is 22.7 Å². The molecule has 2 aromatic rings. The van der Waals surface area contributed by atoms with E-state index in [0.717, 1.165) is 31.6 Å². The van der Waals surface area contributed by atoms with Crippen molar-refractivity contribution in [1.82, 2.24) is 9.21 Å². The minimum Gasteiger partial charge on any atom is -0.465 e. The molecule has 0 aromatic heterocycles. The molecule has 2 aliphatic heterocycles. The summed E-state index contributed by atoms with van der Waals surface area (Å²) < 4.78 is 32.5. The Morgan fingerprint density at radius 3 is 2.29 bits per heavy atom. The number of hydrogen-bond donors (Lipinski definition) is 1. The van der Waals surface area contributed by atoms with Crippen LogP contribution in [0.4, 0.5) is 11.4 Å². The van der Waals surface area contributed by atoms with Crippen molar-refractivity contribution in [3.63, 3.8) is 0 Å². The van der Waals surface area contributed by atoms with Crippen LogP contribution in [0.5, 0.6) is 0 Å². The molecule has 4 rings (SSSR count). The van der Waals surface area contributed by atoms with Crippen LogP contribution in [0.1, 0.15) is 33.6 Å². The summed E-state index contributed by atoms with van der Waals surface area (Å²) >= 11 is 0. The summed E-state index contributed by atoms with van der Waals surface area (Å²) in [5, 5.41) is 2.88. The van der Waals surface area contributed by atoms with Crippen LogP contribution in [-0.2, 0) is 14.8 Å². The van der Waals surface area contributed by atoms with E-state index in [0.29, 0.717) is 37.4 Å². The lowest BCUT2D eigenvalue weighted by molar-refractivity contribution is 0.0600. The monoisotopic (exact) mass is 486 g/mol. The third kappa shape index (κ3) is 5.08. The van der Waals surface area contributed by atoms with Crippen molar-refractivity contribution >= 4 is 33.3 Å². The number of carbonyl (C=O) groups excluding carboxylic acids is 2. The molecule has 1 N–H and O–H groups in total. The average Bonchev–Trinajstić information content (AvgIpc) is 3.38. The van der Waals surface area contributed by atoms with Gasteiger partial charge in [0.1, 0.15) is 0 Å². The van der Waals surface area contributed by atoms with Crippen molar-refractivity contribution in [3.8, 4) is 0 Å². The fraction of sp³-hybridized carbons (Fsp3) is 0.417. The molecule has 2 heterocycles. The Labute approximate surface area is 200 Å². The van der Waals surface area contributed by atoms with E-state index in [-0.39, 0.29) is 10.5 Å². The molecule has 2 saturated heterocycles. The lowest BCUT2D eigenvalue weighted by atomic mass is 10.1. The van der Waals surface area contributed by atoms with Crippen LogP contribution in [0, 0.1) is 0 Å². The van der Waals surface area contributed by atoms with Gasteiger partial charge in [-0.3, -0.25) is 4.79 Å². The number of methoxy groups -OCH3 is 1. The minimum absolute atomic E-state index is 0.0905. The normalized spacial score (nSPS) is 17.5. The Bertz CT molecular complexity index is 1170. The summed E-state index contributed by atoms with van der Waals surface area (Å²) in [5.74, 6) is -0.943. The first-order valence-corrected chi connectivity index (χ1v) is 12.8.